The topological polar surface area (TPSA) is 156 Å². The van der Waals surface area contributed by atoms with Crippen molar-refractivity contribution in [1.82, 2.24) is 0 Å². The lowest BCUT2D eigenvalue weighted by molar-refractivity contribution is -0.153. The largest absolute Gasteiger partial charge is 0.480 e. The number of carbonyl (C=O) groups excluding carboxylic acids is 2. The molecule has 2 atom stereocenters. The van der Waals surface area contributed by atoms with Gasteiger partial charge in [0.2, 0.25) is 0 Å². The molecule has 0 bridgehead atoms. The summed E-state index contributed by atoms with van der Waals surface area (Å²) in [6.07, 6.45) is -1.73. The van der Waals surface area contributed by atoms with Gasteiger partial charge >= 0.3 is 17.9 Å². The van der Waals surface area contributed by atoms with E-state index in [4.69, 9.17) is 21.1 Å². The lowest BCUT2D eigenvalue weighted by Gasteiger charge is -2.09. The molecule has 0 spiro atoms. The number of rotatable bonds is 9. The van der Waals surface area contributed by atoms with Crippen LogP contribution in [0.5, 0.6) is 0 Å². The van der Waals surface area contributed by atoms with Gasteiger partial charge in [0.1, 0.15) is 25.4 Å². The molecule has 19 heavy (non-hydrogen) atoms. The van der Waals surface area contributed by atoms with E-state index in [0.717, 1.165) is 0 Å². The van der Waals surface area contributed by atoms with Gasteiger partial charge in [0.05, 0.1) is 19.4 Å². The highest BCUT2D eigenvalue weighted by atomic mass is 16.5. The molecule has 0 fully saturated rings. The fraction of sp³-hybridized carbons (Fsp3) is 0.700. The summed E-state index contributed by atoms with van der Waals surface area (Å²) in [4.78, 5) is 32.5. The van der Waals surface area contributed by atoms with E-state index in [-0.39, 0.29) is 19.4 Å². The number of carboxylic acids is 1. The van der Waals surface area contributed by atoms with E-state index >= 15 is 0 Å². The van der Waals surface area contributed by atoms with Crippen LogP contribution in [0.15, 0.2) is 0 Å². The standard InChI is InChI=1S/C10H17NO8/c11-7(10(16)17)5-19-9(15)2-1-8(14)18-4-6(13)3-12/h6-7,12-13H,1-5,11H2,(H,16,17)/t6?,7-/m0/s1. The van der Waals surface area contributed by atoms with E-state index in [2.05, 4.69) is 9.47 Å². The van der Waals surface area contributed by atoms with Crippen molar-refractivity contribution in [3.8, 4) is 0 Å². The van der Waals surface area contributed by atoms with Crippen molar-refractivity contribution in [3.63, 3.8) is 0 Å². The van der Waals surface area contributed by atoms with Gasteiger partial charge in [-0.25, -0.2) is 0 Å². The molecule has 9 heteroatoms. The highest BCUT2D eigenvalue weighted by Crippen LogP contribution is 1.97. The van der Waals surface area contributed by atoms with Crippen molar-refractivity contribution in [2.75, 3.05) is 19.8 Å². The first-order chi connectivity index (χ1) is 8.86. The molecular formula is C10H17NO8. The van der Waals surface area contributed by atoms with Crippen molar-refractivity contribution in [3.05, 3.63) is 0 Å². The lowest BCUT2D eigenvalue weighted by atomic mass is 10.3. The predicted molar refractivity (Wildman–Crippen MR) is 59.9 cm³/mol. The first kappa shape index (κ1) is 17.3. The SMILES string of the molecule is N[C@@H](COC(=O)CCC(=O)OCC(O)CO)C(=O)O. The van der Waals surface area contributed by atoms with E-state index in [0.29, 0.717) is 0 Å². The van der Waals surface area contributed by atoms with Crippen molar-refractivity contribution >= 4 is 17.9 Å². The third-order valence-corrected chi connectivity index (χ3v) is 1.92. The lowest BCUT2D eigenvalue weighted by Crippen LogP contribution is -2.35. The van der Waals surface area contributed by atoms with Crippen LogP contribution in [0.2, 0.25) is 0 Å². The monoisotopic (exact) mass is 279 g/mol. The Morgan fingerprint density at radius 2 is 1.53 bits per heavy atom. The summed E-state index contributed by atoms with van der Waals surface area (Å²) < 4.78 is 9.05. The highest BCUT2D eigenvalue weighted by Gasteiger charge is 2.15. The van der Waals surface area contributed by atoms with Crippen molar-refractivity contribution < 1.29 is 39.2 Å². The van der Waals surface area contributed by atoms with Crippen LogP contribution in [0.25, 0.3) is 0 Å². The van der Waals surface area contributed by atoms with Crippen molar-refractivity contribution in [1.29, 1.82) is 0 Å². The molecule has 5 N–H and O–H groups in total. The van der Waals surface area contributed by atoms with Crippen molar-refractivity contribution in [2.45, 2.75) is 25.0 Å². The molecule has 9 nitrogen and oxygen atoms in total. The summed E-state index contributed by atoms with van der Waals surface area (Å²) >= 11 is 0. The Morgan fingerprint density at radius 3 is 1.95 bits per heavy atom. The van der Waals surface area contributed by atoms with Crippen LogP contribution in [-0.4, -0.2) is 65.2 Å². The summed E-state index contributed by atoms with van der Waals surface area (Å²) in [5.74, 6) is -2.83. The molecule has 1 unspecified atom stereocenters. The van der Waals surface area contributed by atoms with E-state index in [1.54, 1.807) is 0 Å². The van der Waals surface area contributed by atoms with Gasteiger partial charge < -0.3 is 30.5 Å². The number of ether oxygens (including phenoxy) is 2. The van der Waals surface area contributed by atoms with E-state index in [1.807, 2.05) is 0 Å². The Labute approximate surface area is 108 Å². The Hall–Kier alpha value is -1.71. The van der Waals surface area contributed by atoms with Crippen LogP contribution in [0.1, 0.15) is 12.8 Å². The Kier molecular flexibility index (Phi) is 8.42. The molecule has 0 aromatic carbocycles. The van der Waals surface area contributed by atoms with Gasteiger partial charge in [0.15, 0.2) is 0 Å². The molecule has 0 aliphatic rings. The van der Waals surface area contributed by atoms with Gasteiger partial charge in [0.25, 0.3) is 0 Å². The normalized spacial score (nSPS) is 13.4. The number of nitrogens with two attached hydrogens (primary N) is 1. The summed E-state index contributed by atoms with van der Waals surface area (Å²) in [6.45, 7) is -1.39. The maximum Gasteiger partial charge on any atom is 0.324 e. The number of hydrogen-bond acceptors (Lipinski definition) is 8. The molecule has 0 aromatic heterocycles. The maximum atomic E-state index is 11.1. The number of carboxylic acid groups (broad SMARTS) is 1. The zero-order chi connectivity index (χ0) is 14.8. The molecule has 0 heterocycles. The van der Waals surface area contributed by atoms with Gasteiger partial charge in [-0.3, -0.25) is 14.4 Å². The Balaban J connectivity index is 3.72. The molecule has 0 aliphatic carbocycles. The molecule has 0 radical (unpaired) electrons. The second-order valence-electron chi connectivity index (χ2n) is 3.65. The second kappa shape index (κ2) is 9.25. The van der Waals surface area contributed by atoms with Crippen LogP contribution in [0, 0.1) is 0 Å². The zero-order valence-electron chi connectivity index (χ0n) is 10.2. The number of esters is 2. The fourth-order valence-electron chi connectivity index (χ4n) is 0.844. The number of aliphatic hydroxyl groups excluding tert-OH is 2. The molecule has 0 amide bonds. The van der Waals surface area contributed by atoms with Crippen LogP contribution < -0.4 is 5.73 Å². The van der Waals surface area contributed by atoms with Crippen LogP contribution in [0.4, 0.5) is 0 Å². The minimum absolute atomic E-state index is 0.278. The number of aliphatic hydroxyl groups is 2. The smallest absolute Gasteiger partial charge is 0.324 e. The van der Waals surface area contributed by atoms with Gasteiger partial charge in [-0.2, -0.15) is 0 Å². The van der Waals surface area contributed by atoms with Gasteiger partial charge in [-0.1, -0.05) is 0 Å². The van der Waals surface area contributed by atoms with Crippen LogP contribution in [-0.2, 0) is 23.9 Å². The Morgan fingerprint density at radius 1 is 1.05 bits per heavy atom. The summed E-state index contributed by atoms with van der Waals surface area (Å²) in [6, 6.07) is -1.31. The molecular weight excluding hydrogens is 262 g/mol. The van der Waals surface area contributed by atoms with Gasteiger partial charge in [0, 0.05) is 0 Å². The average Bonchev–Trinajstić information content (AvgIpc) is 2.39. The maximum absolute atomic E-state index is 11.1. The summed E-state index contributed by atoms with van der Waals surface area (Å²) in [5.41, 5.74) is 5.10. The number of aliphatic carboxylic acids is 1. The van der Waals surface area contributed by atoms with Crippen LogP contribution >= 0.6 is 0 Å². The van der Waals surface area contributed by atoms with E-state index in [1.165, 1.54) is 0 Å². The van der Waals surface area contributed by atoms with E-state index in [9.17, 15) is 14.4 Å². The molecule has 0 rings (SSSR count). The average molecular weight is 279 g/mol. The number of hydrogen-bond donors (Lipinski definition) is 4. The first-order valence-corrected chi connectivity index (χ1v) is 5.45. The summed E-state index contributed by atoms with van der Waals surface area (Å²) in [7, 11) is 0. The number of carbonyl (C=O) groups is 3. The molecule has 0 aliphatic heterocycles. The van der Waals surface area contributed by atoms with E-state index < -0.39 is 43.3 Å². The van der Waals surface area contributed by atoms with Crippen LogP contribution in [0.3, 0.4) is 0 Å². The molecule has 110 valence electrons. The molecule has 0 saturated carbocycles. The third-order valence-electron chi connectivity index (χ3n) is 1.92. The van der Waals surface area contributed by atoms with Crippen molar-refractivity contribution in [2.24, 2.45) is 5.73 Å². The first-order valence-electron chi connectivity index (χ1n) is 5.45. The zero-order valence-corrected chi connectivity index (χ0v) is 10.2. The second-order valence-corrected chi connectivity index (χ2v) is 3.65. The van der Waals surface area contributed by atoms with Gasteiger partial charge in [-0.15, -0.1) is 0 Å². The highest BCUT2D eigenvalue weighted by molar-refractivity contribution is 5.78. The van der Waals surface area contributed by atoms with Gasteiger partial charge in [-0.05, 0) is 0 Å². The minimum Gasteiger partial charge on any atom is -0.480 e. The quantitative estimate of drug-likeness (QED) is 0.338. The Bertz CT molecular complexity index is 319. The summed E-state index contributed by atoms with van der Waals surface area (Å²) in [5, 5.41) is 25.8. The molecule has 0 aromatic rings. The predicted octanol–water partition coefficient (Wildman–Crippen LogP) is -2.38. The third kappa shape index (κ3) is 8.94. The minimum atomic E-state index is -1.31. The fourth-order valence-corrected chi connectivity index (χ4v) is 0.844. The molecule has 0 saturated heterocycles.